The zero-order valence-corrected chi connectivity index (χ0v) is 49.7. The Balaban J connectivity index is -0.000000610. The summed E-state index contributed by atoms with van der Waals surface area (Å²) >= 11 is -21.5. The number of hydrogen-bond acceptors (Lipinski definition) is 18. The fourth-order valence-electron chi connectivity index (χ4n) is 2.00. The first-order valence-electron chi connectivity index (χ1n) is 11.9. The number of halogens is 9. The monoisotopic (exact) mass is 1740 g/mol. The number of hydrogen-bond donors (Lipinski definition) is 3. The molecule has 3 unspecified atom stereocenters. The Kier molecular flexibility index (Phi) is 35.6. The third kappa shape index (κ3) is 62.6. The van der Waals surface area contributed by atoms with E-state index in [0.29, 0.717) is 17.1 Å². The maximum atomic E-state index is 10.5. The van der Waals surface area contributed by atoms with Gasteiger partial charge < -0.3 is 0 Å². The molecule has 0 amide bonds. The predicted octanol–water partition coefficient (Wildman–Crippen LogP) is -6.44. The maximum absolute atomic E-state index is 10.5. The van der Waals surface area contributed by atoms with Crippen molar-refractivity contribution in [3.8, 4) is 0 Å². The summed E-state index contributed by atoms with van der Waals surface area (Å²) in [5.41, 5.74) is 5.29. The molecule has 0 spiro atoms. The zero-order valence-electron chi connectivity index (χ0n) is 25.1. The Morgan fingerprint density at radius 1 is 0.370 bits per heavy atom. The molecule has 0 fully saturated rings. The van der Waals surface area contributed by atoms with E-state index in [2.05, 4.69) is 83.6 Å². The second-order valence-electron chi connectivity index (χ2n) is 7.91. The van der Waals surface area contributed by atoms with Crippen molar-refractivity contribution in [2.45, 2.75) is 0 Å². The molecule has 0 aliphatic carbocycles. The van der Waals surface area contributed by atoms with E-state index in [-0.39, 0.29) is 0 Å². The van der Waals surface area contributed by atoms with Crippen LogP contribution in [0.3, 0.4) is 0 Å². The molecule has 54 heavy (non-hydrogen) atoms. The molecule has 0 bridgehead atoms. The van der Waals surface area contributed by atoms with Crippen molar-refractivity contribution in [1.29, 1.82) is 0 Å². The molecule has 0 saturated carbocycles. The Morgan fingerprint density at radius 3 is 0.611 bits per heavy atom. The van der Waals surface area contributed by atoms with E-state index >= 15 is 0 Å². The van der Waals surface area contributed by atoms with Gasteiger partial charge in [0.2, 0.25) is 0 Å². The van der Waals surface area contributed by atoms with Crippen molar-refractivity contribution in [1.82, 2.24) is 0 Å². The molecule has 3 atom stereocenters. The Hall–Kier alpha value is 3.95. The predicted molar refractivity (Wildman–Crippen MR) is 184 cm³/mol. The zero-order chi connectivity index (χ0) is 43.2. The quantitative estimate of drug-likeness (QED) is 0.102. The van der Waals surface area contributed by atoms with Crippen LogP contribution in [0.1, 0.15) is 0 Å². The number of quaternary nitrogens is 3. The Labute approximate surface area is 382 Å². The molecule has 0 radical (unpaired) electrons. The van der Waals surface area contributed by atoms with Gasteiger partial charge in [0.15, 0.2) is 0 Å². The molecule has 0 aliphatic rings. The van der Waals surface area contributed by atoms with Gasteiger partial charge in [-0.25, -0.2) is 0 Å². The molecular formula is C18H18Br3Cl6N3O18Sb6-6. The molecule has 0 saturated heterocycles. The van der Waals surface area contributed by atoms with Gasteiger partial charge in [-0.3, -0.25) is 0 Å². The van der Waals surface area contributed by atoms with Crippen LogP contribution in [0.15, 0.2) is 86.2 Å². The molecule has 21 nitrogen and oxygen atoms in total. The van der Waals surface area contributed by atoms with Crippen LogP contribution in [0, 0.1) is 0 Å². The summed E-state index contributed by atoms with van der Waals surface area (Å²) in [7, 11) is 27.0. The van der Waals surface area contributed by atoms with Crippen LogP contribution in [0.25, 0.3) is 0 Å². The summed E-state index contributed by atoms with van der Waals surface area (Å²) in [4.78, 5) is 0. The summed E-state index contributed by atoms with van der Waals surface area (Å²) in [6, 6.07) is 20.9. The first-order valence-corrected chi connectivity index (χ1v) is 52.4. The van der Waals surface area contributed by atoms with Gasteiger partial charge in [-0.1, -0.05) is 0 Å². The Bertz CT molecular complexity index is 1560. The fourth-order valence-corrected chi connectivity index (χ4v) is 5.71. The average Bonchev–Trinajstić information content (AvgIpc) is 2.93. The minimum atomic E-state index is -5.38. The van der Waals surface area contributed by atoms with E-state index in [9.17, 15) is 19.2 Å². The van der Waals surface area contributed by atoms with Gasteiger partial charge in [-0.15, -0.1) is 0 Å². The molecule has 3 aromatic rings. The first-order chi connectivity index (χ1) is 23.9. The van der Waals surface area contributed by atoms with E-state index in [1.807, 2.05) is 0 Å². The van der Waals surface area contributed by atoms with Gasteiger partial charge in [0.25, 0.3) is 0 Å². The van der Waals surface area contributed by atoms with Gasteiger partial charge in [-0.2, -0.15) is 0 Å². The molecule has 312 valence electrons. The van der Waals surface area contributed by atoms with E-state index in [1.54, 1.807) is 72.8 Å². The number of nitrogens with two attached hydrogens (primary N) is 3. The van der Waals surface area contributed by atoms with Crippen LogP contribution in [-0.4, -0.2) is 111 Å². The molecule has 36 heteroatoms. The molecule has 3 aromatic carbocycles. The molecule has 6 N–H and O–H groups in total. The van der Waals surface area contributed by atoms with Gasteiger partial charge >= 0.3 is 389 Å². The molecular weight excluding hydrogens is 1730 g/mol. The minimum absolute atomic E-state index is 0.647. The summed E-state index contributed by atoms with van der Waals surface area (Å²) in [6.45, 7) is 0. The summed E-state index contributed by atoms with van der Waals surface area (Å²) < 4.78 is 159. The molecule has 0 heterocycles. The van der Waals surface area contributed by atoms with Gasteiger partial charge in [0.1, 0.15) is 0 Å². The van der Waals surface area contributed by atoms with E-state index < -0.39 is 111 Å². The van der Waals surface area contributed by atoms with Crippen LogP contribution >= 0.6 is 101 Å². The average molecular weight is 1750 g/mol. The van der Waals surface area contributed by atoms with Crippen LogP contribution in [0.4, 0.5) is 17.1 Å². The second kappa shape index (κ2) is 30.9. The topological polar surface area (TPSA) is 387 Å². The third-order valence-corrected chi connectivity index (χ3v) is 9.80. The summed E-state index contributed by atoms with van der Waals surface area (Å²) in [6.07, 6.45) is 0. The molecule has 0 aromatic heterocycles. The third-order valence-electron chi connectivity index (χ3n) is 3.55. The van der Waals surface area contributed by atoms with Gasteiger partial charge in [-0.05, 0) is 0 Å². The molecule has 3 rings (SSSR count). The van der Waals surface area contributed by atoms with E-state index in [1.165, 1.54) is 0 Å². The van der Waals surface area contributed by atoms with Crippen LogP contribution in [-0.2, 0) is 27.5 Å². The van der Waals surface area contributed by atoms with Gasteiger partial charge in [0, 0.05) is 0 Å². The van der Waals surface area contributed by atoms with E-state index in [4.69, 9.17) is 55.8 Å². The number of rotatable bonds is 9. The molecule has 0 aliphatic heterocycles. The summed E-state index contributed by atoms with van der Waals surface area (Å²) in [5, 5.41) is 0. The van der Waals surface area contributed by atoms with Crippen molar-refractivity contribution in [3.05, 3.63) is 86.2 Å². The van der Waals surface area contributed by atoms with Crippen molar-refractivity contribution in [2.24, 2.45) is 0 Å². The standard InChI is InChI=1S/3C6H6BrNO.6ClH.15O.6Sb/c3*7-5-1-3-6(8-9)4-2-5;;;;;;;;;;;;;;;;;;;;;;;;;;;/h3*1-4H,8H2;6*1H;;;;;;;;;;;;;;;;;;;;;/q;;;;;;;;;;;;;;;9*-1;3*+1;3*+2/p-6. The summed E-state index contributed by atoms with van der Waals surface area (Å²) in [5.74, 6) is 0. The van der Waals surface area contributed by atoms with Crippen molar-refractivity contribution in [3.63, 3.8) is 0 Å². The Morgan fingerprint density at radius 2 is 0.500 bits per heavy atom. The van der Waals surface area contributed by atoms with Crippen LogP contribution in [0.5, 0.6) is 0 Å². The van der Waals surface area contributed by atoms with Crippen molar-refractivity contribution >= 4 is 229 Å². The normalized spacial score (nSPS) is 14.3. The van der Waals surface area contributed by atoms with E-state index in [0.717, 1.165) is 29.9 Å². The van der Waals surface area contributed by atoms with Crippen molar-refractivity contribution < 1.29 is 74.4 Å². The van der Waals surface area contributed by atoms with Crippen molar-refractivity contribution in [2.75, 3.05) is 0 Å². The fraction of sp³-hybridized carbons (Fsp3) is 0. The second-order valence-corrected chi connectivity index (χ2v) is 43.9. The number of benzene rings is 3. The SMILES string of the molecule is [O]=[Sb]([O-])([Cl])[O][NH2+]c1ccc(Br)cc1.[O]=[Sb]([O-])([Cl])[O][NH2+]c1ccc(Br)cc1.[O]=[Sb]([O-])([Cl])[O][NH2+]c1ccc(Br)cc1.[O]=[Sb]([O-])([O-])[Cl].[O]=[Sb]([O-])([O-])[Cl].[O]=[Sb]([O-])([O-])[Cl]. The van der Waals surface area contributed by atoms with Crippen LogP contribution in [0.2, 0.25) is 0 Å². The van der Waals surface area contributed by atoms with Crippen LogP contribution < -0.4 is 46.9 Å². The first kappa shape index (κ1) is 62.2. The van der Waals surface area contributed by atoms with Gasteiger partial charge in [0.05, 0.1) is 0 Å².